The molecule has 1 aromatic carbocycles. The number of hydrogen-bond acceptors (Lipinski definition) is 6. The van der Waals surface area contributed by atoms with E-state index in [4.69, 9.17) is 15.0 Å². The van der Waals surface area contributed by atoms with Gasteiger partial charge in [-0.05, 0) is 18.2 Å². The highest BCUT2D eigenvalue weighted by Gasteiger charge is 2.15. The molecule has 0 fully saturated rings. The summed E-state index contributed by atoms with van der Waals surface area (Å²) in [7, 11) is -2.97. The molecule has 0 aliphatic carbocycles. The molecular weight excluding hydrogens is 302 g/mol. The van der Waals surface area contributed by atoms with Gasteiger partial charge in [-0.2, -0.15) is 8.42 Å². The first-order chi connectivity index (χ1) is 9.74. The molecule has 1 aromatic rings. The maximum Gasteiger partial charge on any atom is 0.411 e. The normalized spacial score (nSPS) is 12.3. The summed E-state index contributed by atoms with van der Waals surface area (Å²) in [5.74, 6) is -0.490. The summed E-state index contributed by atoms with van der Waals surface area (Å²) in [5.41, 5.74) is 5.52. The second-order valence-electron chi connectivity index (χ2n) is 3.95. The van der Waals surface area contributed by atoms with Crippen molar-refractivity contribution in [2.24, 2.45) is 5.73 Å². The molecular formula is C11H15N3O6S. The number of amides is 2. The zero-order chi connectivity index (χ0) is 16.0. The van der Waals surface area contributed by atoms with Crippen LogP contribution in [0.5, 0.6) is 0 Å². The van der Waals surface area contributed by atoms with E-state index in [1.807, 2.05) is 0 Å². The van der Waals surface area contributed by atoms with Crippen molar-refractivity contribution in [3.8, 4) is 0 Å². The van der Waals surface area contributed by atoms with Crippen molar-refractivity contribution >= 4 is 27.8 Å². The molecule has 0 aliphatic rings. The van der Waals surface area contributed by atoms with Gasteiger partial charge in [0.25, 0.3) is 10.1 Å². The van der Waals surface area contributed by atoms with E-state index >= 15 is 0 Å². The van der Waals surface area contributed by atoms with Gasteiger partial charge in [0.15, 0.2) is 0 Å². The van der Waals surface area contributed by atoms with Crippen LogP contribution in [0.15, 0.2) is 29.2 Å². The van der Waals surface area contributed by atoms with Crippen LogP contribution < -0.4 is 16.4 Å². The summed E-state index contributed by atoms with van der Waals surface area (Å²) in [5, 5.41) is 4.53. The number of rotatable bonds is 5. The van der Waals surface area contributed by atoms with Gasteiger partial charge in [-0.1, -0.05) is 6.07 Å². The van der Waals surface area contributed by atoms with Crippen LogP contribution in [-0.2, 0) is 19.6 Å². The number of nitrogens with one attached hydrogen (secondary N) is 2. The summed E-state index contributed by atoms with van der Waals surface area (Å²) < 4.78 is 35.5. The molecule has 1 rings (SSSR count). The first-order valence-corrected chi connectivity index (χ1v) is 7.16. The van der Waals surface area contributed by atoms with E-state index in [2.05, 4.69) is 10.6 Å². The maximum atomic E-state index is 11.5. The van der Waals surface area contributed by atoms with Crippen LogP contribution in [0.1, 0.15) is 0 Å². The van der Waals surface area contributed by atoms with Crippen molar-refractivity contribution in [2.75, 3.05) is 19.0 Å². The van der Waals surface area contributed by atoms with Gasteiger partial charge >= 0.3 is 6.09 Å². The van der Waals surface area contributed by atoms with Crippen molar-refractivity contribution < 1.29 is 27.3 Å². The van der Waals surface area contributed by atoms with Crippen molar-refractivity contribution in [3.63, 3.8) is 0 Å². The van der Waals surface area contributed by atoms with Crippen LogP contribution in [0.2, 0.25) is 0 Å². The van der Waals surface area contributed by atoms with E-state index in [-0.39, 0.29) is 17.2 Å². The average molecular weight is 317 g/mol. The van der Waals surface area contributed by atoms with Crippen molar-refractivity contribution in [1.29, 1.82) is 0 Å². The molecule has 10 heteroatoms. The van der Waals surface area contributed by atoms with Gasteiger partial charge < -0.3 is 15.8 Å². The largest absolute Gasteiger partial charge is 0.447 e. The molecule has 0 aromatic heterocycles. The highest BCUT2D eigenvalue weighted by atomic mass is 32.2. The number of benzene rings is 1. The number of anilines is 1. The molecule has 0 bridgehead atoms. The van der Waals surface area contributed by atoms with E-state index in [9.17, 15) is 18.0 Å². The lowest BCUT2D eigenvalue weighted by molar-refractivity contribution is -0.122. The van der Waals surface area contributed by atoms with E-state index in [0.29, 0.717) is 0 Å². The minimum absolute atomic E-state index is 0.101. The lowest BCUT2D eigenvalue weighted by Gasteiger charge is -2.11. The summed E-state index contributed by atoms with van der Waals surface area (Å²) in [6.07, 6.45) is -0.915. The van der Waals surface area contributed by atoms with Gasteiger partial charge in [-0.25, -0.2) is 4.79 Å². The van der Waals surface area contributed by atoms with Crippen LogP contribution in [0.4, 0.5) is 10.5 Å². The molecule has 0 saturated heterocycles. The predicted octanol–water partition coefficient (Wildman–Crippen LogP) is -0.445. The van der Waals surface area contributed by atoms with E-state index < -0.39 is 28.2 Å². The Kier molecular flexibility index (Phi) is 5.64. The SMILES string of the molecule is CNC(=O)[C@@H](N)COC(=O)Nc1cccc(S(=O)(=O)O)c1. The van der Waals surface area contributed by atoms with Crippen molar-refractivity contribution in [3.05, 3.63) is 24.3 Å². The summed E-state index contributed by atoms with van der Waals surface area (Å²) >= 11 is 0. The Morgan fingerprint density at radius 2 is 2.10 bits per heavy atom. The molecule has 2 amide bonds. The lowest BCUT2D eigenvalue weighted by Crippen LogP contribution is -2.42. The Hall–Kier alpha value is -2.17. The molecule has 116 valence electrons. The summed E-state index contributed by atoms with van der Waals surface area (Å²) in [6, 6.07) is 3.93. The smallest absolute Gasteiger partial charge is 0.411 e. The minimum Gasteiger partial charge on any atom is -0.447 e. The Bertz CT molecular complexity index is 631. The molecule has 5 N–H and O–H groups in total. The van der Waals surface area contributed by atoms with Crippen LogP contribution in [0, 0.1) is 0 Å². The first-order valence-electron chi connectivity index (χ1n) is 5.72. The van der Waals surface area contributed by atoms with Gasteiger partial charge in [0.2, 0.25) is 5.91 Å². The molecule has 0 radical (unpaired) electrons. The van der Waals surface area contributed by atoms with Crippen LogP contribution in [0.3, 0.4) is 0 Å². The molecule has 0 aliphatic heterocycles. The maximum absolute atomic E-state index is 11.5. The number of carbonyl (C=O) groups excluding carboxylic acids is 2. The van der Waals surface area contributed by atoms with Crippen molar-refractivity contribution in [2.45, 2.75) is 10.9 Å². The number of carbonyl (C=O) groups is 2. The Morgan fingerprint density at radius 3 is 2.67 bits per heavy atom. The standard InChI is InChI=1S/C11H15N3O6S/c1-13-10(15)9(12)6-20-11(16)14-7-3-2-4-8(5-7)21(17,18)19/h2-5,9H,6,12H2,1H3,(H,13,15)(H,14,16)(H,17,18,19)/t9-/m0/s1. The van der Waals surface area contributed by atoms with Crippen molar-refractivity contribution in [1.82, 2.24) is 5.32 Å². The minimum atomic E-state index is -4.37. The van der Waals surface area contributed by atoms with E-state index in [0.717, 1.165) is 12.1 Å². The third-order valence-corrected chi connectivity index (χ3v) is 3.21. The second kappa shape index (κ2) is 7.02. The Morgan fingerprint density at radius 1 is 1.43 bits per heavy atom. The average Bonchev–Trinajstić information content (AvgIpc) is 2.43. The monoisotopic (exact) mass is 317 g/mol. The van der Waals surface area contributed by atoms with Crippen LogP contribution in [0.25, 0.3) is 0 Å². The van der Waals surface area contributed by atoms with E-state index in [1.165, 1.54) is 19.2 Å². The molecule has 21 heavy (non-hydrogen) atoms. The quantitative estimate of drug-likeness (QED) is 0.538. The van der Waals surface area contributed by atoms with Gasteiger partial charge in [0, 0.05) is 12.7 Å². The molecule has 0 unspecified atom stereocenters. The number of nitrogens with two attached hydrogens (primary N) is 1. The fourth-order valence-electron chi connectivity index (χ4n) is 1.31. The van der Waals surface area contributed by atoms with Gasteiger partial charge in [0.1, 0.15) is 12.6 Å². The third kappa shape index (κ3) is 5.38. The Balaban J connectivity index is 2.62. The number of likely N-dealkylation sites (N-methyl/N-ethyl adjacent to an activating group) is 1. The fraction of sp³-hybridized carbons (Fsp3) is 0.273. The molecule has 0 heterocycles. The predicted molar refractivity (Wildman–Crippen MR) is 73.3 cm³/mol. The second-order valence-corrected chi connectivity index (χ2v) is 5.37. The third-order valence-electron chi connectivity index (χ3n) is 2.36. The van der Waals surface area contributed by atoms with Crippen LogP contribution >= 0.6 is 0 Å². The molecule has 1 atom stereocenters. The first kappa shape index (κ1) is 16.9. The number of ether oxygens (including phenoxy) is 1. The fourth-order valence-corrected chi connectivity index (χ4v) is 1.84. The molecule has 0 spiro atoms. The van der Waals surface area contributed by atoms with Gasteiger partial charge in [0.05, 0.1) is 4.90 Å². The zero-order valence-electron chi connectivity index (χ0n) is 11.1. The summed E-state index contributed by atoms with van der Waals surface area (Å²) in [4.78, 5) is 22.2. The topological polar surface area (TPSA) is 148 Å². The Labute approximate surface area is 121 Å². The highest BCUT2D eigenvalue weighted by Crippen LogP contribution is 2.15. The summed E-state index contributed by atoms with van der Waals surface area (Å²) in [6.45, 7) is -0.344. The zero-order valence-corrected chi connectivity index (χ0v) is 11.9. The lowest BCUT2D eigenvalue weighted by atomic mass is 10.3. The van der Waals surface area contributed by atoms with E-state index in [1.54, 1.807) is 0 Å². The van der Waals surface area contributed by atoms with Crippen LogP contribution in [-0.4, -0.2) is 44.7 Å². The molecule has 0 saturated carbocycles. The van der Waals surface area contributed by atoms with Gasteiger partial charge in [-0.3, -0.25) is 14.7 Å². The molecule has 9 nitrogen and oxygen atoms in total. The highest BCUT2D eigenvalue weighted by molar-refractivity contribution is 7.85. The van der Waals surface area contributed by atoms with Gasteiger partial charge in [-0.15, -0.1) is 0 Å². The number of hydrogen-bond donors (Lipinski definition) is 4.